The highest BCUT2D eigenvalue weighted by atomic mass is 16.2. The van der Waals surface area contributed by atoms with Gasteiger partial charge in [-0.05, 0) is 62.4 Å². The molecule has 1 amide bonds. The Morgan fingerprint density at radius 2 is 1.68 bits per heavy atom. The van der Waals surface area contributed by atoms with Crippen molar-refractivity contribution in [1.29, 1.82) is 0 Å². The molecule has 0 radical (unpaired) electrons. The maximum atomic E-state index is 12.2. The van der Waals surface area contributed by atoms with Crippen LogP contribution in [0.25, 0.3) is 0 Å². The van der Waals surface area contributed by atoms with Gasteiger partial charge in [-0.2, -0.15) is 5.10 Å². The zero-order valence-electron chi connectivity index (χ0n) is 15.0. The van der Waals surface area contributed by atoms with E-state index in [1.54, 1.807) is 0 Å². The first kappa shape index (κ1) is 17.2. The number of benzene rings is 2. The highest BCUT2D eigenvalue weighted by Crippen LogP contribution is 2.20. The number of hydrogen-bond acceptors (Lipinski definition) is 3. The van der Waals surface area contributed by atoms with Gasteiger partial charge in [0, 0.05) is 24.3 Å². The van der Waals surface area contributed by atoms with Crippen LogP contribution in [-0.2, 0) is 0 Å². The van der Waals surface area contributed by atoms with Crippen molar-refractivity contribution in [3.05, 3.63) is 65.2 Å². The monoisotopic (exact) mass is 335 g/mol. The lowest BCUT2D eigenvalue weighted by Crippen LogP contribution is -2.29. The lowest BCUT2D eigenvalue weighted by molar-refractivity contribution is 0.0954. The van der Waals surface area contributed by atoms with Crippen molar-refractivity contribution in [1.82, 2.24) is 5.43 Å². The smallest absolute Gasteiger partial charge is 0.271 e. The van der Waals surface area contributed by atoms with Gasteiger partial charge in [-0.25, -0.2) is 5.43 Å². The molecule has 130 valence electrons. The second-order valence-electron chi connectivity index (χ2n) is 6.55. The van der Waals surface area contributed by atoms with Crippen LogP contribution in [0.3, 0.4) is 0 Å². The normalized spacial score (nSPS) is 15.1. The predicted octanol–water partition coefficient (Wildman–Crippen LogP) is 4.14. The lowest BCUT2D eigenvalue weighted by atomic mass is 10.1. The third-order valence-corrected chi connectivity index (χ3v) is 4.72. The molecule has 0 atom stereocenters. The molecule has 1 N–H and O–H groups in total. The summed E-state index contributed by atoms with van der Waals surface area (Å²) >= 11 is 0. The van der Waals surface area contributed by atoms with E-state index in [1.165, 1.54) is 24.9 Å². The number of anilines is 1. The number of aryl methyl sites for hydroxylation is 1. The minimum absolute atomic E-state index is 0.178. The van der Waals surface area contributed by atoms with Crippen molar-refractivity contribution < 1.29 is 4.79 Å². The average molecular weight is 335 g/mol. The van der Waals surface area contributed by atoms with Crippen LogP contribution in [0.4, 0.5) is 5.69 Å². The first-order valence-corrected chi connectivity index (χ1v) is 8.91. The summed E-state index contributed by atoms with van der Waals surface area (Å²) in [5.41, 5.74) is 7.33. The molecule has 0 aliphatic carbocycles. The Balaban J connectivity index is 1.66. The minimum atomic E-state index is -0.178. The molecule has 1 fully saturated rings. The van der Waals surface area contributed by atoms with Gasteiger partial charge in [-0.15, -0.1) is 0 Å². The topological polar surface area (TPSA) is 44.7 Å². The number of rotatable bonds is 4. The van der Waals surface area contributed by atoms with E-state index in [0.717, 1.165) is 29.9 Å². The van der Waals surface area contributed by atoms with E-state index in [0.29, 0.717) is 5.56 Å². The van der Waals surface area contributed by atoms with Gasteiger partial charge >= 0.3 is 0 Å². The van der Waals surface area contributed by atoms with Gasteiger partial charge in [0.05, 0.1) is 5.71 Å². The van der Waals surface area contributed by atoms with E-state index < -0.39 is 0 Å². The van der Waals surface area contributed by atoms with E-state index in [4.69, 9.17) is 0 Å². The third kappa shape index (κ3) is 4.27. The summed E-state index contributed by atoms with van der Waals surface area (Å²) in [5, 5.41) is 4.26. The molecule has 1 aliphatic rings. The Kier molecular flexibility index (Phi) is 5.49. The second kappa shape index (κ2) is 7.97. The number of nitrogens with one attached hydrogen (secondary N) is 1. The van der Waals surface area contributed by atoms with E-state index in [2.05, 4.69) is 39.7 Å². The molecule has 4 nitrogen and oxygen atoms in total. The minimum Gasteiger partial charge on any atom is -0.372 e. The van der Waals surface area contributed by atoms with Crippen LogP contribution in [0.5, 0.6) is 0 Å². The largest absolute Gasteiger partial charge is 0.372 e. The van der Waals surface area contributed by atoms with Gasteiger partial charge < -0.3 is 4.90 Å². The van der Waals surface area contributed by atoms with Crippen molar-refractivity contribution in [2.75, 3.05) is 18.0 Å². The highest BCUT2D eigenvalue weighted by molar-refractivity contribution is 6.01. The molecule has 0 saturated carbocycles. The van der Waals surface area contributed by atoms with Crippen molar-refractivity contribution in [2.24, 2.45) is 5.10 Å². The van der Waals surface area contributed by atoms with Crippen LogP contribution < -0.4 is 10.3 Å². The van der Waals surface area contributed by atoms with Crippen LogP contribution in [-0.4, -0.2) is 24.7 Å². The van der Waals surface area contributed by atoms with Gasteiger partial charge in [-0.1, -0.05) is 30.3 Å². The Morgan fingerprint density at radius 3 is 2.36 bits per heavy atom. The molecular formula is C21H25N3O. The molecule has 1 heterocycles. The van der Waals surface area contributed by atoms with E-state index in [9.17, 15) is 4.79 Å². The lowest BCUT2D eigenvalue weighted by Gasteiger charge is -2.28. The number of carbonyl (C=O) groups is 1. The molecule has 1 aliphatic heterocycles. The molecule has 4 heteroatoms. The summed E-state index contributed by atoms with van der Waals surface area (Å²) in [6.07, 6.45) is 3.88. The molecule has 0 aromatic heterocycles. The maximum Gasteiger partial charge on any atom is 0.271 e. The van der Waals surface area contributed by atoms with Crippen LogP contribution in [0.1, 0.15) is 47.7 Å². The fourth-order valence-electron chi connectivity index (χ4n) is 3.15. The van der Waals surface area contributed by atoms with E-state index in [1.807, 2.05) is 38.1 Å². The number of carbonyl (C=O) groups excluding carboxylic acids is 1. The van der Waals surface area contributed by atoms with Crippen molar-refractivity contribution >= 4 is 17.3 Å². The predicted molar refractivity (Wildman–Crippen MR) is 103 cm³/mol. The second-order valence-corrected chi connectivity index (χ2v) is 6.55. The zero-order chi connectivity index (χ0) is 17.6. The quantitative estimate of drug-likeness (QED) is 0.674. The van der Waals surface area contributed by atoms with Gasteiger partial charge in [0.25, 0.3) is 5.91 Å². The number of nitrogens with zero attached hydrogens (tertiary/aromatic N) is 2. The molecule has 0 bridgehead atoms. The summed E-state index contributed by atoms with van der Waals surface area (Å²) in [4.78, 5) is 14.7. The SMILES string of the molecule is CC(=NNC(=O)c1ccccc1C)c1ccc(N2CCCCC2)cc1. The van der Waals surface area contributed by atoms with Crippen LogP contribution in [0.2, 0.25) is 0 Å². The Labute approximate surface area is 149 Å². The Hall–Kier alpha value is -2.62. The average Bonchev–Trinajstić information content (AvgIpc) is 2.67. The number of piperidine rings is 1. The number of hydrazone groups is 1. The summed E-state index contributed by atoms with van der Waals surface area (Å²) < 4.78 is 0. The molecule has 2 aromatic rings. The van der Waals surface area contributed by atoms with Gasteiger partial charge in [0.2, 0.25) is 0 Å². The molecule has 0 spiro atoms. The van der Waals surface area contributed by atoms with Crippen molar-refractivity contribution in [3.8, 4) is 0 Å². The summed E-state index contributed by atoms with van der Waals surface area (Å²) in [6.45, 7) is 6.11. The Bertz CT molecular complexity index is 759. The van der Waals surface area contributed by atoms with E-state index in [-0.39, 0.29) is 5.91 Å². The first-order valence-electron chi connectivity index (χ1n) is 8.91. The van der Waals surface area contributed by atoms with Crippen LogP contribution in [0, 0.1) is 6.92 Å². The third-order valence-electron chi connectivity index (χ3n) is 4.72. The van der Waals surface area contributed by atoms with Crippen LogP contribution in [0.15, 0.2) is 53.6 Å². The highest BCUT2D eigenvalue weighted by Gasteiger charge is 2.11. The Morgan fingerprint density at radius 1 is 1.00 bits per heavy atom. The molecule has 3 rings (SSSR count). The molecule has 2 aromatic carbocycles. The fourth-order valence-corrected chi connectivity index (χ4v) is 3.15. The maximum absolute atomic E-state index is 12.2. The zero-order valence-corrected chi connectivity index (χ0v) is 15.0. The molecule has 1 saturated heterocycles. The fraction of sp³-hybridized carbons (Fsp3) is 0.333. The number of amides is 1. The summed E-state index contributed by atoms with van der Waals surface area (Å²) in [5.74, 6) is -0.178. The molecular weight excluding hydrogens is 310 g/mol. The molecule has 0 unspecified atom stereocenters. The van der Waals surface area contributed by atoms with Gasteiger partial charge in [0.1, 0.15) is 0 Å². The first-order chi connectivity index (χ1) is 12.1. The van der Waals surface area contributed by atoms with E-state index >= 15 is 0 Å². The van der Waals surface area contributed by atoms with Gasteiger partial charge in [-0.3, -0.25) is 4.79 Å². The van der Waals surface area contributed by atoms with Gasteiger partial charge in [0.15, 0.2) is 0 Å². The standard InChI is InChI=1S/C21H25N3O/c1-16-8-4-5-9-20(16)21(25)23-22-17(2)18-10-12-19(13-11-18)24-14-6-3-7-15-24/h4-5,8-13H,3,6-7,14-15H2,1-2H3,(H,23,25). The molecule has 25 heavy (non-hydrogen) atoms. The summed E-state index contributed by atoms with van der Waals surface area (Å²) in [6, 6.07) is 15.9. The number of hydrogen-bond donors (Lipinski definition) is 1. The summed E-state index contributed by atoms with van der Waals surface area (Å²) in [7, 11) is 0. The van der Waals surface area contributed by atoms with Crippen molar-refractivity contribution in [3.63, 3.8) is 0 Å². The van der Waals surface area contributed by atoms with Crippen molar-refractivity contribution in [2.45, 2.75) is 33.1 Å². The van der Waals surface area contributed by atoms with Crippen LogP contribution >= 0.6 is 0 Å².